The Hall–Kier alpha value is -4.09. The second-order valence-corrected chi connectivity index (χ2v) is 12.5. The van der Waals surface area contributed by atoms with E-state index >= 15 is 8.78 Å². The Labute approximate surface area is 275 Å². The Morgan fingerprint density at radius 3 is 1.48 bits per heavy atom. The molecule has 0 saturated heterocycles. The number of benzene rings is 2. The minimum atomic E-state index is -0.709. The molecular formula is C35H38F2O7S2. The molecule has 0 amide bonds. The maximum absolute atomic E-state index is 15.6. The van der Waals surface area contributed by atoms with Crippen molar-refractivity contribution >= 4 is 60.2 Å². The number of ketones is 3. The molecule has 0 bridgehead atoms. The maximum Gasteiger partial charge on any atom is 0.198 e. The molecule has 46 heavy (non-hydrogen) atoms. The molecular weight excluding hydrogens is 635 g/mol. The first-order chi connectivity index (χ1) is 21.9. The standard InChI is InChI=1S/C33H32F2O7S2.C2H6/c1-17(2)7-9-22(37)28-11-20-26(43-28)13-24(39-5)32(30(20)34)41-15-18(3)16-42-33-25(40-6)14-27-21(31(33)35)12-29(44-27)23(38)10-8-19(4)36;1-2/h11-14H,1,3,7-10,15-16H2,2,4-6H3;1-2H3. The molecule has 11 heteroatoms. The first-order valence-corrected chi connectivity index (χ1v) is 16.3. The van der Waals surface area contributed by atoms with Crippen LogP contribution in [0, 0.1) is 11.6 Å². The van der Waals surface area contributed by atoms with Crippen molar-refractivity contribution in [1.29, 1.82) is 0 Å². The second kappa shape index (κ2) is 16.5. The van der Waals surface area contributed by atoms with Gasteiger partial charge in [-0.1, -0.05) is 26.0 Å². The largest absolute Gasteiger partial charge is 0.493 e. The van der Waals surface area contributed by atoms with Crippen LogP contribution in [-0.4, -0.2) is 44.8 Å². The van der Waals surface area contributed by atoms with E-state index in [1.165, 1.54) is 44.6 Å². The Morgan fingerprint density at radius 2 is 1.11 bits per heavy atom. The molecule has 4 aromatic rings. The highest BCUT2D eigenvalue weighted by molar-refractivity contribution is 7.21. The molecule has 0 aliphatic rings. The first-order valence-electron chi connectivity index (χ1n) is 14.7. The quantitative estimate of drug-likeness (QED) is 0.0865. The third kappa shape index (κ3) is 8.58. The van der Waals surface area contributed by atoms with Crippen LogP contribution in [0.1, 0.15) is 72.7 Å². The zero-order valence-electron chi connectivity index (χ0n) is 26.9. The van der Waals surface area contributed by atoms with Gasteiger partial charge >= 0.3 is 0 Å². The zero-order chi connectivity index (χ0) is 34.1. The first kappa shape index (κ1) is 36.4. The summed E-state index contributed by atoms with van der Waals surface area (Å²) in [6, 6.07) is 6.14. The lowest BCUT2D eigenvalue weighted by molar-refractivity contribution is -0.117. The van der Waals surface area contributed by atoms with Crippen molar-refractivity contribution in [3.05, 3.63) is 70.0 Å². The maximum atomic E-state index is 15.6. The fourth-order valence-corrected chi connectivity index (χ4v) is 6.41. The molecule has 0 unspecified atom stereocenters. The third-order valence-corrected chi connectivity index (χ3v) is 8.93. The molecule has 0 saturated carbocycles. The number of carbonyl (C=O) groups excluding carboxylic acids is 3. The Morgan fingerprint density at radius 1 is 0.696 bits per heavy atom. The second-order valence-electron chi connectivity index (χ2n) is 10.3. The molecule has 7 nitrogen and oxygen atoms in total. The summed E-state index contributed by atoms with van der Waals surface area (Å²) < 4.78 is 54.3. The van der Waals surface area contributed by atoms with Gasteiger partial charge in [0.05, 0.1) is 24.0 Å². The minimum absolute atomic E-state index is 0.0452. The summed E-state index contributed by atoms with van der Waals surface area (Å²) in [5.41, 5.74) is 1.25. The molecule has 0 radical (unpaired) electrons. The lowest BCUT2D eigenvalue weighted by Gasteiger charge is -2.15. The molecule has 2 aromatic heterocycles. The van der Waals surface area contributed by atoms with Crippen molar-refractivity contribution in [1.82, 2.24) is 0 Å². The molecule has 0 aliphatic heterocycles. The van der Waals surface area contributed by atoms with Crippen molar-refractivity contribution in [2.45, 2.75) is 53.4 Å². The van der Waals surface area contributed by atoms with Gasteiger partial charge in [-0.3, -0.25) is 9.59 Å². The number of methoxy groups -OCH3 is 2. The number of ether oxygens (including phenoxy) is 4. The van der Waals surface area contributed by atoms with Crippen LogP contribution < -0.4 is 18.9 Å². The van der Waals surface area contributed by atoms with E-state index in [-0.39, 0.29) is 83.6 Å². The Kier molecular flexibility index (Phi) is 13.0. The predicted octanol–water partition coefficient (Wildman–Crippen LogP) is 9.54. The van der Waals surface area contributed by atoms with E-state index in [9.17, 15) is 14.4 Å². The van der Waals surface area contributed by atoms with Crippen LogP contribution >= 0.6 is 22.7 Å². The van der Waals surface area contributed by atoms with E-state index in [4.69, 9.17) is 18.9 Å². The predicted molar refractivity (Wildman–Crippen MR) is 181 cm³/mol. The van der Waals surface area contributed by atoms with E-state index in [2.05, 4.69) is 13.2 Å². The molecule has 0 atom stereocenters. The van der Waals surface area contributed by atoms with Crippen molar-refractivity contribution in [3.8, 4) is 23.0 Å². The van der Waals surface area contributed by atoms with Gasteiger partial charge in [0.15, 0.2) is 46.2 Å². The van der Waals surface area contributed by atoms with E-state index in [1.807, 2.05) is 20.8 Å². The third-order valence-electron chi connectivity index (χ3n) is 6.68. The topological polar surface area (TPSA) is 88.1 Å². The van der Waals surface area contributed by atoms with Gasteiger partial charge in [-0.15, -0.1) is 29.3 Å². The SMILES string of the molecule is C=C(C)CCC(=O)c1cc2c(F)c(OCC(=C)COc3c(OC)cc4sc(C(=O)CCC(C)=O)cc4c3F)c(OC)cc2s1.CC. The highest BCUT2D eigenvalue weighted by Crippen LogP contribution is 2.42. The number of hydrogen-bond donors (Lipinski definition) is 0. The number of Topliss-reactive ketones (excluding diaryl/α,β-unsaturated/α-hetero) is 3. The average Bonchev–Trinajstić information content (AvgIpc) is 3.67. The van der Waals surface area contributed by atoms with E-state index in [0.717, 1.165) is 16.9 Å². The summed E-state index contributed by atoms with van der Waals surface area (Å²) in [5.74, 6) is -1.88. The van der Waals surface area contributed by atoms with Crippen LogP contribution in [0.2, 0.25) is 0 Å². The molecule has 0 fully saturated rings. The van der Waals surface area contributed by atoms with Crippen LogP contribution in [0.5, 0.6) is 23.0 Å². The van der Waals surface area contributed by atoms with Crippen LogP contribution in [0.25, 0.3) is 20.2 Å². The number of fused-ring (bicyclic) bond motifs is 2. The lowest BCUT2D eigenvalue weighted by Crippen LogP contribution is -2.11. The fraction of sp³-hybridized carbons (Fsp3) is 0.343. The van der Waals surface area contributed by atoms with Gasteiger partial charge in [0.1, 0.15) is 19.0 Å². The molecule has 0 N–H and O–H groups in total. The normalized spacial score (nSPS) is 10.7. The Balaban J connectivity index is 0.00000282. The number of halogens is 2. The number of rotatable bonds is 16. The van der Waals surface area contributed by atoms with Gasteiger partial charge in [-0.05, 0) is 38.0 Å². The number of thiophene rings is 2. The molecule has 0 spiro atoms. The summed E-state index contributed by atoms with van der Waals surface area (Å²) in [7, 11) is 2.75. The monoisotopic (exact) mass is 672 g/mol. The van der Waals surface area contributed by atoms with Gasteiger partial charge in [0.2, 0.25) is 0 Å². The highest BCUT2D eigenvalue weighted by atomic mass is 32.1. The summed E-state index contributed by atoms with van der Waals surface area (Å²) in [5, 5.41) is 0.425. The minimum Gasteiger partial charge on any atom is -0.493 e. The van der Waals surface area contributed by atoms with E-state index in [1.54, 1.807) is 12.1 Å². The summed E-state index contributed by atoms with van der Waals surface area (Å²) in [6.07, 6.45) is 1.00. The summed E-state index contributed by atoms with van der Waals surface area (Å²) >= 11 is 2.29. The van der Waals surface area contributed by atoms with Gasteiger partial charge in [0, 0.05) is 51.6 Å². The average molecular weight is 673 g/mol. The van der Waals surface area contributed by atoms with Gasteiger partial charge < -0.3 is 23.7 Å². The van der Waals surface area contributed by atoms with Crippen molar-refractivity contribution < 1.29 is 42.1 Å². The van der Waals surface area contributed by atoms with Gasteiger partial charge in [-0.2, -0.15) is 0 Å². The molecule has 2 heterocycles. The molecule has 2 aromatic carbocycles. The van der Waals surface area contributed by atoms with Crippen LogP contribution in [0.15, 0.2) is 48.6 Å². The van der Waals surface area contributed by atoms with Gasteiger partial charge in [-0.25, -0.2) is 8.78 Å². The molecule has 4 rings (SSSR count). The number of carbonyl (C=O) groups is 3. The van der Waals surface area contributed by atoms with Crippen molar-refractivity contribution in [2.24, 2.45) is 0 Å². The van der Waals surface area contributed by atoms with E-state index in [0.29, 0.717) is 31.1 Å². The van der Waals surface area contributed by atoms with Crippen LogP contribution in [-0.2, 0) is 4.79 Å². The van der Waals surface area contributed by atoms with Crippen molar-refractivity contribution in [2.75, 3.05) is 27.4 Å². The van der Waals surface area contributed by atoms with Gasteiger partial charge in [0.25, 0.3) is 0 Å². The fourth-order valence-electron chi connectivity index (χ4n) is 4.30. The summed E-state index contributed by atoms with van der Waals surface area (Å²) in [4.78, 5) is 37.1. The lowest BCUT2D eigenvalue weighted by atomic mass is 10.1. The number of allylic oxidation sites excluding steroid dienone is 1. The zero-order valence-corrected chi connectivity index (χ0v) is 28.5. The smallest absolute Gasteiger partial charge is 0.198 e. The Bertz CT molecular complexity index is 1660. The number of hydrogen-bond acceptors (Lipinski definition) is 9. The summed E-state index contributed by atoms with van der Waals surface area (Å²) in [6.45, 7) is 14.6. The van der Waals surface area contributed by atoms with E-state index < -0.39 is 11.6 Å². The highest BCUT2D eigenvalue weighted by Gasteiger charge is 2.23. The van der Waals surface area contributed by atoms with Crippen LogP contribution in [0.4, 0.5) is 8.78 Å². The molecule has 0 aliphatic carbocycles. The van der Waals surface area contributed by atoms with Crippen LogP contribution in [0.3, 0.4) is 0 Å². The van der Waals surface area contributed by atoms with Crippen molar-refractivity contribution in [3.63, 3.8) is 0 Å². The molecule has 246 valence electrons.